The number of nitrogens with zero attached hydrogens (tertiary/aromatic N) is 2. The molecule has 2 heteroatoms. The molecule has 0 amide bonds. The largest absolute Gasteiger partial charge is 0.354 e. The molecule has 3 aliphatic rings. The van der Waals surface area contributed by atoms with Gasteiger partial charge in [0.15, 0.2) is 0 Å². The van der Waals surface area contributed by atoms with E-state index in [9.17, 15) is 0 Å². The summed E-state index contributed by atoms with van der Waals surface area (Å²) in [5.74, 6) is 2.19. The highest BCUT2D eigenvalue weighted by atomic mass is 15.3. The molecule has 2 heterocycles. The lowest BCUT2D eigenvalue weighted by Gasteiger charge is -2.42. The Labute approximate surface area is 92.8 Å². The molecule has 2 atom stereocenters. The average Bonchev–Trinajstić information content (AvgIpc) is 2.49. The van der Waals surface area contributed by atoms with Gasteiger partial charge in [-0.25, -0.2) is 0 Å². The van der Waals surface area contributed by atoms with Crippen molar-refractivity contribution >= 4 is 5.84 Å². The van der Waals surface area contributed by atoms with Crippen LogP contribution in [0.25, 0.3) is 0 Å². The van der Waals surface area contributed by atoms with Gasteiger partial charge < -0.3 is 4.90 Å². The number of hydrogen-bond donors (Lipinski definition) is 0. The summed E-state index contributed by atoms with van der Waals surface area (Å²) in [4.78, 5) is 7.50. The second-order valence-corrected chi connectivity index (χ2v) is 6.19. The molecular weight excluding hydrogens is 184 g/mol. The van der Waals surface area contributed by atoms with Gasteiger partial charge in [0.2, 0.25) is 0 Å². The summed E-state index contributed by atoms with van der Waals surface area (Å²) < 4.78 is 0. The molecule has 0 aromatic carbocycles. The van der Waals surface area contributed by atoms with Crippen LogP contribution in [-0.4, -0.2) is 29.4 Å². The molecule has 2 nitrogen and oxygen atoms in total. The van der Waals surface area contributed by atoms with Crippen LogP contribution in [0.15, 0.2) is 4.99 Å². The first-order chi connectivity index (χ1) is 7.07. The second kappa shape index (κ2) is 2.78. The Morgan fingerprint density at radius 2 is 2.07 bits per heavy atom. The number of fused-ring (bicyclic) bond motifs is 5. The molecule has 1 aliphatic carbocycles. The van der Waals surface area contributed by atoms with Gasteiger partial charge in [-0.05, 0) is 38.0 Å². The summed E-state index contributed by atoms with van der Waals surface area (Å²) >= 11 is 0. The Morgan fingerprint density at radius 3 is 2.87 bits per heavy atom. The fourth-order valence-corrected chi connectivity index (χ4v) is 3.99. The summed E-state index contributed by atoms with van der Waals surface area (Å²) in [6, 6.07) is 0. The molecule has 0 spiro atoms. The van der Waals surface area contributed by atoms with E-state index < -0.39 is 0 Å². The van der Waals surface area contributed by atoms with Gasteiger partial charge in [-0.15, -0.1) is 0 Å². The van der Waals surface area contributed by atoms with Crippen LogP contribution in [0.1, 0.15) is 46.5 Å². The predicted octanol–water partition coefficient (Wildman–Crippen LogP) is 2.69. The average molecular weight is 206 g/mol. The highest BCUT2D eigenvalue weighted by Gasteiger charge is 2.63. The topological polar surface area (TPSA) is 15.6 Å². The maximum atomic E-state index is 4.85. The van der Waals surface area contributed by atoms with Crippen LogP contribution in [0.4, 0.5) is 0 Å². The van der Waals surface area contributed by atoms with E-state index in [4.69, 9.17) is 4.99 Å². The monoisotopic (exact) mass is 206 g/mol. The van der Waals surface area contributed by atoms with Gasteiger partial charge in [0.05, 0.1) is 0 Å². The molecule has 0 aromatic heterocycles. The number of rotatable bonds is 0. The zero-order valence-electron chi connectivity index (χ0n) is 10.2. The van der Waals surface area contributed by atoms with Crippen LogP contribution in [0, 0.1) is 11.3 Å². The van der Waals surface area contributed by atoms with E-state index in [1.807, 2.05) is 0 Å². The fourth-order valence-electron chi connectivity index (χ4n) is 3.99. The molecule has 1 saturated heterocycles. The minimum Gasteiger partial charge on any atom is -0.354 e. The number of amidine groups is 1. The predicted molar refractivity (Wildman–Crippen MR) is 63.2 cm³/mol. The lowest BCUT2D eigenvalue weighted by Crippen LogP contribution is -2.49. The molecule has 0 radical (unpaired) electrons. The SMILES string of the molecule is CC1(C)C2CCC1(C)N1CCCCN=C21. The molecule has 2 fully saturated rings. The number of hydrogen-bond acceptors (Lipinski definition) is 2. The van der Waals surface area contributed by atoms with Crippen molar-refractivity contribution in [3.63, 3.8) is 0 Å². The van der Waals surface area contributed by atoms with Gasteiger partial charge in [-0.2, -0.15) is 0 Å². The minimum atomic E-state index is 0.390. The first-order valence-electron chi connectivity index (χ1n) is 6.39. The van der Waals surface area contributed by atoms with Crippen LogP contribution >= 0.6 is 0 Å². The fraction of sp³-hybridized carbons (Fsp3) is 0.923. The van der Waals surface area contributed by atoms with E-state index in [0.717, 1.165) is 12.5 Å². The van der Waals surface area contributed by atoms with Gasteiger partial charge in [0, 0.05) is 24.5 Å². The van der Waals surface area contributed by atoms with Crippen molar-refractivity contribution < 1.29 is 0 Å². The summed E-state index contributed by atoms with van der Waals surface area (Å²) in [5.41, 5.74) is 0.823. The Balaban J connectivity index is 2.08. The van der Waals surface area contributed by atoms with Crippen molar-refractivity contribution in [3.8, 4) is 0 Å². The van der Waals surface area contributed by atoms with Crippen LogP contribution in [-0.2, 0) is 0 Å². The third kappa shape index (κ3) is 0.982. The highest BCUT2D eigenvalue weighted by molar-refractivity contribution is 5.90. The van der Waals surface area contributed by atoms with Crippen LogP contribution in [0.2, 0.25) is 0 Å². The molecule has 1 saturated carbocycles. The van der Waals surface area contributed by atoms with Gasteiger partial charge in [0.1, 0.15) is 5.84 Å². The molecule has 3 rings (SSSR count). The zero-order chi connectivity index (χ0) is 10.7. The first kappa shape index (κ1) is 9.68. The molecular formula is C13H22N2. The van der Waals surface area contributed by atoms with Crippen LogP contribution in [0.5, 0.6) is 0 Å². The van der Waals surface area contributed by atoms with Crippen LogP contribution in [0.3, 0.4) is 0 Å². The zero-order valence-corrected chi connectivity index (χ0v) is 10.2. The molecule has 15 heavy (non-hydrogen) atoms. The molecule has 2 unspecified atom stereocenters. The van der Waals surface area contributed by atoms with E-state index in [1.165, 1.54) is 38.1 Å². The van der Waals surface area contributed by atoms with E-state index in [1.54, 1.807) is 0 Å². The lowest BCUT2D eigenvalue weighted by atomic mass is 9.75. The summed E-state index contributed by atoms with van der Waals surface area (Å²) in [6.07, 6.45) is 5.33. The van der Waals surface area contributed by atoms with E-state index in [-0.39, 0.29) is 0 Å². The van der Waals surface area contributed by atoms with E-state index >= 15 is 0 Å². The van der Waals surface area contributed by atoms with Gasteiger partial charge in [-0.1, -0.05) is 13.8 Å². The summed E-state index contributed by atoms with van der Waals surface area (Å²) in [5, 5.41) is 0. The van der Waals surface area contributed by atoms with Crippen molar-refractivity contribution in [2.45, 2.75) is 52.0 Å². The maximum Gasteiger partial charge on any atom is 0.103 e. The van der Waals surface area contributed by atoms with E-state index in [0.29, 0.717) is 11.0 Å². The Kier molecular flexibility index (Phi) is 1.79. The first-order valence-corrected chi connectivity index (χ1v) is 6.39. The molecule has 0 aromatic rings. The Hall–Kier alpha value is -0.530. The van der Waals surface area contributed by atoms with Crippen molar-refractivity contribution in [1.29, 1.82) is 0 Å². The van der Waals surface area contributed by atoms with Gasteiger partial charge in [-0.3, -0.25) is 4.99 Å². The standard InChI is InChI=1S/C13H22N2/c1-12(2)10-6-7-13(12,3)15-9-5-4-8-14-11(10)15/h10H,4-9H2,1-3H3. The van der Waals surface area contributed by atoms with Crippen LogP contribution < -0.4 is 0 Å². The smallest absolute Gasteiger partial charge is 0.103 e. The molecule has 0 N–H and O–H groups in total. The Morgan fingerprint density at radius 1 is 1.27 bits per heavy atom. The molecule has 84 valence electrons. The van der Waals surface area contributed by atoms with Crippen molar-refractivity contribution in [2.24, 2.45) is 16.3 Å². The number of piperidine rings is 1. The third-order valence-corrected chi connectivity index (χ3v) is 5.43. The molecule has 2 bridgehead atoms. The Bertz CT molecular complexity index is 318. The van der Waals surface area contributed by atoms with Crippen molar-refractivity contribution in [3.05, 3.63) is 0 Å². The highest BCUT2D eigenvalue weighted by Crippen LogP contribution is 2.60. The quantitative estimate of drug-likeness (QED) is 0.595. The van der Waals surface area contributed by atoms with Crippen molar-refractivity contribution in [1.82, 2.24) is 4.90 Å². The molecule has 2 aliphatic heterocycles. The number of aliphatic imine (C=N–C) groups is 1. The maximum absolute atomic E-state index is 4.85. The minimum absolute atomic E-state index is 0.390. The second-order valence-electron chi connectivity index (χ2n) is 6.19. The van der Waals surface area contributed by atoms with Crippen molar-refractivity contribution in [2.75, 3.05) is 13.1 Å². The van der Waals surface area contributed by atoms with Gasteiger partial charge >= 0.3 is 0 Å². The normalized spacial score (nSPS) is 42.5. The lowest BCUT2D eigenvalue weighted by molar-refractivity contribution is 0.110. The van der Waals surface area contributed by atoms with E-state index in [2.05, 4.69) is 25.7 Å². The van der Waals surface area contributed by atoms with Gasteiger partial charge in [0.25, 0.3) is 0 Å². The summed E-state index contributed by atoms with van der Waals surface area (Å²) in [6.45, 7) is 9.66. The third-order valence-electron chi connectivity index (χ3n) is 5.43. The summed E-state index contributed by atoms with van der Waals surface area (Å²) in [7, 11) is 0.